The first-order valence-corrected chi connectivity index (χ1v) is 34.1. The van der Waals surface area contributed by atoms with Gasteiger partial charge in [-0.05, 0) is 26.2 Å². The van der Waals surface area contributed by atoms with Crippen molar-refractivity contribution in [2.45, 2.75) is 85.5 Å². The van der Waals surface area contributed by atoms with E-state index in [4.69, 9.17) is 48.2 Å². The average Bonchev–Trinajstić information content (AvgIpc) is 1.61. The molecule has 2 saturated heterocycles. The van der Waals surface area contributed by atoms with E-state index in [-0.39, 0.29) is 94.9 Å². The Labute approximate surface area is 597 Å². The van der Waals surface area contributed by atoms with Crippen LogP contribution < -0.4 is 10.6 Å². The quantitative estimate of drug-likeness (QED) is 0.00976. The molecular weight excluding hydrogens is 1710 g/mol. The number of furan rings is 1. The number of rotatable bonds is 36. The molecule has 2 aliphatic rings. The van der Waals surface area contributed by atoms with Crippen molar-refractivity contribution in [3.8, 4) is 0 Å². The zero-order valence-corrected chi connectivity index (χ0v) is 61.3. The Kier molecular flexibility index (Phi) is 40.6. The van der Waals surface area contributed by atoms with Gasteiger partial charge in [0, 0.05) is 114 Å². The number of thioether (sulfide) groups is 1. The van der Waals surface area contributed by atoms with Crippen LogP contribution >= 0.6 is 11.8 Å². The zero-order chi connectivity index (χ0) is 69.3. The minimum atomic E-state index is -6.24. The maximum atomic E-state index is 11.9. The monoisotopic (exact) mass is 1760 g/mol. The molecule has 49 nitrogen and oxygen atoms in total. The van der Waals surface area contributed by atoms with E-state index < -0.39 is 199 Å². The fourth-order valence-electron chi connectivity index (χ4n) is 6.58. The first-order chi connectivity index (χ1) is 40.0. The van der Waals surface area contributed by atoms with Crippen molar-refractivity contribution in [1.82, 2.24) is 15.5 Å². The Morgan fingerprint density at radius 2 is 1.10 bits per heavy atom. The predicted octanol–water partition coefficient (Wildman–Crippen LogP) is -7.71. The molecule has 1 aromatic heterocycles. The molecule has 0 aliphatic carbocycles. The number of aliphatic hydroxyl groups is 1. The summed E-state index contributed by atoms with van der Waals surface area (Å²) in [7, 11) is -42.6. The molecular formula is C31H52AlBiKN4O45S9. The van der Waals surface area contributed by atoms with Crippen molar-refractivity contribution in [2.24, 2.45) is 0 Å². The second kappa shape index (κ2) is 39.4. The van der Waals surface area contributed by atoms with Crippen molar-refractivity contribution < 1.29 is 196 Å². The topological polar surface area (TPSA) is 752 Å². The van der Waals surface area contributed by atoms with Gasteiger partial charge in [0.25, 0.3) is 6.20 Å². The fourth-order valence-corrected chi connectivity index (χ4v) is 10.8. The number of nitrogens with zero attached hydrogens (tertiary/aromatic N) is 2. The summed E-state index contributed by atoms with van der Waals surface area (Å²) in [5.74, 6) is -5.19. The van der Waals surface area contributed by atoms with E-state index >= 15 is 0 Å². The number of ether oxygens (including phenoxy) is 3. The maximum Gasteiger partial charge on any atom is 0.397 e. The van der Waals surface area contributed by atoms with Gasteiger partial charge in [-0.1, -0.05) is 0 Å². The molecule has 0 unspecified atom stereocenters. The van der Waals surface area contributed by atoms with Gasteiger partial charge in [0.15, 0.2) is 29.9 Å². The van der Waals surface area contributed by atoms with Gasteiger partial charge in [-0.25, -0.2) is 38.3 Å². The Hall–Kier alpha value is -1.41. The second-order valence-corrected chi connectivity index (χ2v) is 26.4. The molecule has 3 rings (SSSR count). The number of aliphatic carboxylic acids is 3. The first-order valence-electron chi connectivity index (χ1n) is 22.1. The van der Waals surface area contributed by atoms with Crippen LogP contribution in [0.15, 0.2) is 28.6 Å². The molecule has 7 radical (unpaired) electrons. The summed E-state index contributed by atoms with van der Waals surface area (Å²) in [5.41, 5.74) is -2.74. The molecule has 92 heavy (non-hydrogen) atoms. The van der Waals surface area contributed by atoms with Crippen LogP contribution in [-0.2, 0) is 158 Å². The molecule has 0 amide bonds. The van der Waals surface area contributed by atoms with E-state index in [1.54, 1.807) is 18.8 Å². The standard InChI is InChI=1S/C13H22N4O3S.C12H22O35S8.C6H8O7.Al.Bi.K/c1-14-13(9-17(18)19)15-6-7-21-10-12-5-4-11(20-12)8-16(2)3;13-48(14,15)37-1-4-6(43-51(22,23)24)8(45-53(28,29)30)9(46-54(31,32)33)11(40-4)42-12(3-39-50(19,20)21)10(47-55(34,35)36)7(44-52(25,26)27)5(41-12)2-38-49(16,17)18;7-3(8)1-6(13,5(11)12)2-4(9)10;;;/h4-5,9,14-15H,6-8,10H2,1-3H3;4-11H,1-3H2,(H,13,14,15)(H,16,17,18)(H,19,20,21)(H,22,23,24)(H,25,26,27)(H,28,29,30)(H,31,32,33)(H,34,35,36);13H,1-2H2,(H,7,8)(H,9,10)(H,11,12);;;/b13-9+;;;;;/t;4-,5-,6-,7-,8+,9-,10+,11-,12+;;;;/m.1..../s1. The van der Waals surface area contributed by atoms with Crippen LogP contribution in [-0.4, -0.2) is 361 Å². The normalized spacial score (nSPS) is 22.6. The minimum Gasteiger partial charge on any atom is -0.481 e. The number of carboxylic acids is 3. The molecule has 14 N–H and O–H groups in total. The van der Waals surface area contributed by atoms with Gasteiger partial charge in [0.05, 0.1) is 43.3 Å². The molecule has 9 atom stereocenters. The summed E-state index contributed by atoms with van der Waals surface area (Å²) in [6.45, 7) is -4.80. The van der Waals surface area contributed by atoms with Crippen LogP contribution in [0.2, 0.25) is 0 Å². The Balaban J connectivity index is -0.00000175. The molecule has 3 heterocycles. The van der Waals surface area contributed by atoms with Crippen LogP contribution in [0.4, 0.5) is 0 Å². The van der Waals surface area contributed by atoms with Crippen molar-refractivity contribution >= 4 is 208 Å². The molecule has 0 aromatic carbocycles. The SMILES string of the molecule is CN/C(=C\[N+](=O)[O-])NCCSCc1ccc(CN(C)C)o1.O=C(O)CC(O)(CC(=O)O)C(=O)O.O=S(=O)(O)OC[C@H]1O[C@@](COS(=O)(=O)O)(O[C@H]2O[C@H](COS(=O)(=O)O)[C@@H](OS(=O)(=O)O)[C@H](OS(=O)(=O)O)[C@H]2OS(=O)(=O)O)[C@@H](OS(=O)(=O)O)[C@@H]1OS(=O)(=O)O.[Al].[Bi].[K]. The van der Waals surface area contributed by atoms with Gasteiger partial charge in [-0.15, -0.1) is 0 Å². The molecule has 2 fully saturated rings. The van der Waals surface area contributed by atoms with Crippen LogP contribution in [0.25, 0.3) is 0 Å². The number of nitro groups is 1. The summed E-state index contributed by atoms with van der Waals surface area (Å²) in [4.78, 5) is 42.4. The molecule has 61 heteroatoms. The van der Waals surface area contributed by atoms with Gasteiger partial charge in [-0.2, -0.15) is 79.1 Å². The zero-order valence-electron chi connectivity index (χ0n) is 46.1. The Morgan fingerprint density at radius 3 is 1.50 bits per heavy atom. The van der Waals surface area contributed by atoms with E-state index in [1.807, 2.05) is 26.2 Å². The summed E-state index contributed by atoms with van der Waals surface area (Å²) >= 11 is 1.72. The van der Waals surface area contributed by atoms with E-state index in [0.29, 0.717) is 12.4 Å². The Morgan fingerprint density at radius 1 is 0.674 bits per heavy atom. The van der Waals surface area contributed by atoms with E-state index in [1.165, 1.54) is 0 Å². The van der Waals surface area contributed by atoms with Crippen molar-refractivity contribution in [3.05, 3.63) is 45.8 Å². The molecule has 0 saturated carbocycles. The van der Waals surface area contributed by atoms with Crippen LogP contribution in [0, 0.1) is 10.1 Å². The largest absolute Gasteiger partial charge is 0.481 e. The Bertz CT molecular complexity index is 3570. The molecule has 1 aromatic rings. The van der Waals surface area contributed by atoms with Crippen LogP contribution in [0.1, 0.15) is 24.4 Å². The second-order valence-electron chi connectivity index (χ2n) is 16.8. The van der Waals surface area contributed by atoms with Crippen molar-refractivity contribution in [1.29, 1.82) is 0 Å². The predicted molar refractivity (Wildman–Crippen MR) is 291 cm³/mol. The fraction of sp³-hybridized carbons (Fsp3) is 0.710. The molecule has 2 aliphatic heterocycles. The van der Waals surface area contributed by atoms with Gasteiger partial charge in [0.1, 0.15) is 48.6 Å². The first kappa shape index (κ1) is 94.8. The maximum absolute atomic E-state index is 11.9. The van der Waals surface area contributed by atoms with E-state index in [9.17, 15) is 119 Å². The number of hydrogen-bond donors (Lipinski definition) is 14. The van der Waals surface area contributed by atoms with Gasteiger partial charge >= 0.3 is 101 Å². The third-order valence-electron chi connectivity index (χ3n) is 9.47. The number of carboxylic acid groups (broad SMARTS) is 3. The van der Waals surface area contributed by atoms with Gasteiger partial charge in [0.2, 0.25) is 5.79 Å². The summed E-state index contributed by atoms with van der Waals surface area (Å²) < 4.78 is 313. The third-order valence-corrected chi connectivity index (χ3v) is 14.0. The number of carbonyl (C=O) groups is 3. The van der Waals surface area contributed by atoms with Crippen LogP contribution in [0.5, 0.6) is 0 Å². The molecule has 529 valence electrons. The number of hydrogen-bond acceptors (Lipinski definition) is 38. The van der Waals surface area contributed by atoms with Crippen molar-refractivity contribution in [2.75, 3.05) is 53.3 Å². The van der Waals surface area contributed by atoms with Crippen molar-refractivity contribution in [3.63, 3.8) is 0 Å². The molecule has 0 bridgehead atoms. The average molecular weight is 1760 g/mol. The summed E-state index contributed by atoms with van der Waals surface area (Å²) in [6, 6.07) is 3.98. The smallest absolute Gasteiger partial charge is 0.397 e. The summed E-state index contributed by atoms with van der Waals surface area (Å²) in [6.07, 6.45) is -27.4. The molecule has 0 spiro atoms. The summed E-state index contributed by atoms with van der Waals surface area (Å²) in [5, 5.41) is 49.9. The van der Waals surface area contributed by atoms with E-state index in [0.717, 1.165) is 35.8 Å². The third kappa shape index (κ3) is 40.5. The van der Waals surface area contributed by atoms with Gasteiger partial charge in [-0.3, -0.25) is 56.1 Å². The minimum absolute atomic E-state index is 0. The van der Waals surface area contributed by atoms with Gasteiger partial charge < -0.3 is 54.6 Å². The van der Waals surface area contributed by atoms with E-state index in [2.05, 4.69) is 49.0 Å². The number of nitrogens with one attached hydrogen (secondary N) is 2. The van der Waals surface area contributed by atoms with Crippen LogP contribution in [0.3, 0.4) is 0 Å².